The maximum atomic E-state index is 13.0. The number of halogens is 1. The maximum absolute atomic E-state index is 13.0. The topological polar surface area (TPSA) is 87.7 Å². The fraction of sp³-hybridized carbons (Fsp3) is 0.115. The van der Waals surface area contributed by atoms with Gasteiger partial charge in [-0.15, -0.1) is 0 Å². The molecule has 3 amide bonds. The molecule has 7 nitrogen and oxygen atoms in total. The second-order valence-corrected chi connectivity index (χ2v) is 8.25. The number of imide groups is 1. The Morgan fingerprint density at radius 1 is 0.882 bits per heavy atom. The first-order valence-corrected chi connectivity index (χ1v) is 10.8. The zero-order valence-electron chi connectivity index (χ0n) is 18.8. The zero-order chi connectivity index (χ0) is 24.4. The smallest absolute Gasteiger partial charge is 0.283 e. The molecular weight excluding hydrogens is 454 g/mol. The Balaban J connectivity index is 1.53. The molecule has 3 aromatic rings. The number of carbonyl (C=O) groups is 3. The molecule has 1 heterocycles. The van der Waals surface area contributed by atoms with Gasteiger partial charge in [-0.1, -0.05) is 23.7 Å². The van der Waals surface area contributed by atoms with Gasteiger partial charge in [0, 0.05) is 16.9 Å². The molecule has 0 saturated carbocycles. The Morgan fingerprint density at radius 2 is 1.56 bits per heavy atom. The molecule has 0 saturated heterocycles. The van der Waals surface area contributed by atoms with Crippen molar-refractivity contribution in [1.82, 2.24) is 0 Å². The van der Waals surface area contributed by atoms with Crippen LogP contribution in [0.4, 0.5) is 17.1 Å². The molecule has 0 aromatic heterocycles. The minimum absolute atomic E-state index is 0.0608. The number of amides is 3. The zero-order valence-corrected chi connectivity index (χ0v) is 19.6. The van der Waals surface area contributed by atoms with Crippen LogP contribution in [0.5, 0.6) is 5.75 Å². The van der Waals surface area contributed by atoms with Crippen LogP contribution >= 0.6 is 11.6 Å². The number of benzene rings is 3. The molecule has 8 heteroatoms. The monoisotopic (exact) mass is 475 g/mol. The lowest BCUT2D eigenvalue weighted by atomic mass is 10.1. The summed E-state index contributed by atoms with van der Waals surface area (Å²) in [6.45, 7) is 3.92. The Hall–Kier alpha value is -4.10. The van der Waals surface area contributed by atoms with Crippen LogP contribution in [-0.4, -0.2) is 24.8 Å². The van der Waals surface area contributed by atoms with Crippen molar-refractivity contribution in [3.8, 4) is 5.75 Å². The van der Waals surface area contributed by atoms with Gasteiger partial charge in [-0.25, -0.2) is 4.90 Å². The first-order valence-electron chi connectivity index (χ1n) is 10.5. The van der Waals surface area contributed by atoms with Crippen molar-refractivity contribution >= 4 is 46.4 Å². The molecule has 2 N–H and O–H groups in total. The second-order valence-electron chi connectivity index (χ2n) is 7.87. The summed E-state index contributed by atoms with van der Waals surface area (Å²) in [6, 6.07) is 18.9. The van der Waals surface area contributed by atoms with E-state index in [1.165, 1.54) is 7.11 Å². The number of nitrogens with zero attached hydrogens (tertiary/aromatic N) is 1. The van der Waals surface area contributed by atoms with Gasteiger partial charge in [0.1, 0.15) is 16.5 Å². The second kappa shape index (κ2) is 9.41. The number of aryl methyl sites for hydroxylation is 2. The van der Waals surface area contributed by atoms with Gasteiger partial charge >= 0.3 is 0 Å². The highest BCUT2D eigenvalue weighted by atomic mass is 35.5. The maximum Gasteiger partial charge on any atom is 0.283 e. The highest BCUT2D eigenvalue weighted by molar-refractivity contribution is 6.53. The molecule has 0 bridgehead atoms. The van der Waals surface area contributed by atoms with Crippen LogP contribution in [0.15, 0.2) is 77.5 Å². The third kappa shape index (κ3) is 4.65. The predicted octanol–water partition coefficient (Wildman–Crippen LogP) is 5.00. The SMILES string of the molecule is COc1ccc(N2C(=O)C(Cl)=C(Nc3cccc(C(=O)Nc4cc(C)cc(C)c4)c3)C2=O)cc1. The van der Waals surface area contributed by atoms with E-state index in [1.807, 2.05) is 32.0 Å². The van der Waals surface area contributed by atoms with Crippen molar-refractivity contribution in [2.75, 3.05) is 22.6 Å². The molecule has 0 unspecified atom stereocenters. The lowest BCUT2D eigenvalue weighted by Gasteiger charge is -2.15. The van der Waals surface area contributed by atoms with Gasteiger partial charge in [-0.05, 0) is 79.6 Å². The van der Waals surface area contributed by atoms with Crippen LogP contribution in [0.2, 0.25) is 0 Å². The summed E-state index contributed by atoms with van der Waals surface area (Å²) >= 11 is 6.22. The van der Waals surface area contributed by atoms with E-state index in [0.717, 1.165) is 16.0 Å². The number of methoxy groups -OCH3 is 1. The Bertz CT molecular complexity index is 1310. The van der Waals surface area contributed by atoms with Crippen molar-refractivity contribution in [2.45, 2.75) is 13.8 Å². The summed E-state index contributed by atoms with van der Waals surface area (Å²) in [5.41, 5.74) is 3.90. The molecule has 4 rings (SSSR count). The van der Waals surface area contributed by atoms with Crippen molar-refractivity contribution in [3.63, 3.8) is 0 Å². The molecule has 0 aliphatic carbocycles. The number of nitrogens with one attached hydrogen (secondary N) is 2. The van der Waals surface area contributed by atoms with Crippen LogP contribution < -0.4 is 20.3 Å². The van der Waals surface area contributed by atoms with Gasteiger partial charge in [-0.2, -0.15) is 0 Å². The standard InChI is InChI=1S/C26H22ClN3O4/c1-15-11-16(2)13-19(12-15)29-24(31)17-5-4-6-18(14-17)28-23-22(27)25(32)30(26(23)33)20-7-9-21(34-3)10-8-20/h4-14,28H,1-3H3,(H,29,31). The number of anilines is 3. The van der Waals surface area contributed by atoms with Gasteiger partial charge in [0.25, 0.3) is 17.7 Å². The van der Waals surface area contributed by atoms with E-state index in [0.29, 0.717) is 28.4 Å². The highest BCUT2D eigenvalue weighted by Gasteiger charge is 2.39. The fourth-order valence-corrected chi connectivity index (χ4v) is 3.92. The number of rotatable bonds is 6. The van der Waals surface area contributed by atoms with Crippen molar-refractivity contribution < 1.29 is 19.1 Å². The molecule has 34 heavy (non-hydrogen) atoms. The quantitative estimate of drug-likeness (QED) is 0.490. The molecule has 0 fully saturated rings. The first kappa shape index (κ1) is 23.1. The van der Waals surface area contributed by atoms with Gasteiger partial charge in [0.2, 0.25) is 0 Å². The van der Waals surface area contributed by atoms with Crippen LogP contribution in [0.25, 0.3) is 0 Å². The molecular formula is C26H22ClN3O4. The van der Waals surface area contributed by atoms with Crippen molar-refractivity contribution in [2.24, 2.45) is 0 Å². The van der Waals surface area contributed by atoms with E-state index >= 15 is 0 Å². The van der Waals surface area contributed by atoms with E-state index < -0.39 is 11.8 Å². The molecule has 172 valence electrons. The summed E-state index contributed by atoms with van der Waals surface area (Å²) < 4.78 is 5.12. The van der Waals surface area contributed by atoms with E-state index in [1.54, 1.807) is 48.5 Å². The van der Waals surface area contributed by atoms with Crippen LogP contribution in [-0.2, 0) is 9.59 Å². The number of hydrogen-bond donors (Lipinski definition) is 2. The third-order valence-electron chi connectivity index (χ3n) is 5.23. The lowest BCUT2D eigenvalue weighted by Crippen LogP contribution is -2.32. The average molecular weight is 476 g/mol. The van der Waals surface area contributed by atoms with E-state index in [-0.39, 0.29) is 16.6 Å². The van der Waals surface area contributed by atoms with Crippen LogP contribution in [0.1, 0.15) is 21.5 Å². The summed E-state index contributed by atoms with van der Waals surface area (Å²) in [4.78, 5) is 39.5. The third-order valence-corrected chi connectivity index (χ3v) is 5.58. The van der Waals surface area contributed by atoms with Gasteiger partial charge < -0.3 is 15.4 Å². The summed E-state index contributed by atoms with van der Waals surface area (Å²) in [5.74, 6) is -0.938. The summed E-state index contributed by atoms with van der Waals surface area (Å²) in [7, 11) is 1.53. The fourth-order valence-electron chi connectivity index (χ4n) is 3.71. The molecule has 0 atom stereocenters. The molecule has 3 aromatic carbocycles. The van der Waals surface area contributed by atoms with Crippen molar-refractivity contribution in [1.29, 1.82) is 0 Å². The van der Waals surface area contributed by atoms with Crippen molar-refractivity contribution in [3.05, 3.63) is 94.1 Å². The van der Waals surface area contributed by atoms with Gasteiger partial charge in [-0.3, -0.25) is 14.4 Å². The Kier molecular flexibility index (Phi) is 6.38. The summed E-state index contributed by atoms with van der Waals surface area (Å²) in [5, 5.41) is 5.55. The number of hydrogen-bond acceptors (Lipinski definition) is 5. The largest absolute Gasteiger partial charge is 0.497 e. The van der Waals surface area contributed by atoms with Crippen LogP contribution in [0.3, 0.4) is 0 Å². The molecule has 1 aliphatic heterocycles. The molecule has 1 aliphatic rings. The molecule has 0 spiro atoms. The number of ether oxygens (including phenoxy) is 1. The Labute approximate surface area is 202 Å². The van der Waals surface area contributed by atoms with E-state index in [4.69, 9.17) is 16.3 Å². The first-order chi connectivity index (χ1) is 16.3. The highest BCUT2D eigenvalue weighted by Crippen LogP contribution is 2.31. The number of carbonyl (C=O) groups excluding carboxylic acids is 3. The average Bonchev–Trinajstić information content (AvgIpc) is 3.02. The molecule has 0 radical (unpaired) electrons. The normalized spacial score (nSPS) is 13.4. The minimum atomic E-state index is -0.636. The minimum Gasteiger partial charge on any atom is -0.497 e. The van der Waals surface area contributed by atoms with E-state index in [2.05, 4.69) is 10.6 Å². The summed E-state index contributed by atoms with van der Waals surface area (Å²) in [6.07, 6.45) is 0. The Morgan fingerprint density at radius 3 is 2.21 bits per heavy atom. The van der Waals surface area contributed by atoms with E-state index in [9.17, 15) is 14.4 Å². The lowest BCUT2D eigenvalue weighted by molar-refractivity contribution is -0.120. The van der Waals surface area contributed by atoms with Gasteiger partial charge in [0.15, 0.2) is 0 Å². The van der Waals surface area contributed by atoms with Gasteiger partial charge in [0.05, 0.1) is 12.8 Å². The predicted molar refractivity (Wildman–Crippen MR) is 132 cm³/mol. The van der Waals surface area contributed by atoms with Crippen LogP contribution in [0, 0.1) is 13.8 Å².